The number of benzene rings is 1. The van der Waals surface area contributed by atoms with Gasteiger partial charge < -0.3 is 15.5 Å². The fourth-order valence-corrected chi connectivity index (χ4v) is 5.38. The van der Waals surface area contributed by atoms with Crippen molar-refractivity contribution < 1.29 is 27.6 Å². The Labute approximate surface area is 228 Å². The van der Waals surface area contributed by atoms with Crippen LogP contribution in [0.1, 0.15) is 54.0 Å². The molecule has 204 valence electrons. The molecule has 1 fully saturated rings. The van der Waals surface area contributed by atoms with Gasteiger partial charge in [-0.3, -0.25) is 13.7 Å². The Morgan fingerprint density at radius 3 is 2.74 bits per heavy atom. The van der Waals surface area contributed by atoms with Crippen molar-refractivity contribution in [1.82, 2.24) is 24.5 Å². The topological polar surface area (TPSA) is 169 Å². The largest absolute Gasteiger partial charge is 0.390 e. The number of nitrogens with one attached hydrogen (secondary N) is 2. The van der Waals surface area contributed by atoms with E-state index in [1.165, 1.54) is 19.6 Å². The van der Waals surface area contributed by atoms with E-state index < -0.39 is 39.9 Å². The number of hydrogen-bond acceptors (Lipinski definition) is 10. The molecule has 0 saturated heterocycles. The normalized spacial score (nSPS) is 20.0. The third-order valence-electron chi connectivity index (χ3n) is 6.13. The smallest absolute Gasteiger partial charge is 0.335 e. The van der Waals surface area contributed by atoms with Gasteiger partial charge in [0.05, 0.1) is 23.9 Å². The monoisotopic (exact) mass is 608 g/mol. The minimum absolute atomic E-state index is 0.0998. The fourth-order valence-electron chi connectivity index (χ4n) is 4.30. The van der Waals surface area contributed by atoms with Crippen molar-refractivity contribution in [3.05, 3.63) is 69.8 Å². The van der Waals surface area contributed by atoms with Gasteiger partial charge in [0.15, 0.2) is 0 Å². The second-order valence-electron chi connectivity index (χ2n) is 9.55. The van der Waals surface area contributed by atoms with Crippen LogP contribution in [0, 0.1) is 0 Å². The molecule has 0 spiro atoms. The number of carbonyl (C=O) groups is 1. The molecular formula is C24H29BrN6O6S. The molecule has 14 heteroatoms. The number of rotatable bonds is 10. The van der Waals surface area contributed by atoms with E-state index in [0.717, 1.165) is 10.0 Å². The molecule has 3 aromatic rings. The third-order valence-corrected chi connectivity index (χ3v) is 7.62. The zero-order valence-corrected chi connectivity index (χ0v) is 23.4. The number of aromatic nitrogens is 4. The molecule has 0 unspecified atom stereocenters. The van der Waals surface area contributed by atoms with Crippen LogP contribution < -0.4 is 10.0 Å². The molecule has 0 amide bonds. The van der Waals surface area contributed by atoms with E-state index in [9.17, 15) is 23.4 Å². The molecule has 3 atom stereocenters. The van der Waals surface area contributed by atoms with Gasteiger partial charge in [-0.1, -0.05) is 28.1 Å². The molecule has 1 aromatic carbocycles. The molecule has 0 aliphatic heterocycles. The number of nitrogens with zero attached hydrogens (tertiary/aromatic N) is 4. The summed E-state index contributed by atoms with van der Waals surface area (Å²) in [5, 5.41) is 28.7. The Morgan fingerprint density at radius 1 is 1.29 bits per heavy atom. The summed E-state index contributed by atoms with van der Waals surface area (Å²) >= 11 is 3.45. The van der Waals surface area contributed by atoms with E-state index in [1.54, 1.807) is 24.6 Å². The van der Waals surface area contributed by atoms with Crippen molar-refractivity contribution in [2.24, 2.45) is 0 Å². The number of anilines is 1. The molecule has 1 aliphatic carbocycles. The third kappa shape index (κ3) is 6.62. The van der Waals surface area contributed by atoms with Gasteiger partial charge in [-0.15, -0.1) is 0 Å². The predicted molar refractivity (Wildman–Crippen MR) is 142 cm³/mol. The standard InChI is InChI=1S/C24H29BrN6O6S/c1-24(2,34)21-10-18(30-31(21)12-14-5-4-6-15(25)7-14)22(33)17-11-27-13-28-23(17)29-16-8-19(32)20(9-16)37-38(35,36)26-3/h4-7,10-11,13,16,19-20,26,32,34H,8-9,12H2,1-3H3,(H,27,28,29)/t16-,19+,20-/m1/s1. The lowest BCUT2D eigenvalue weighted by Gasteiger charge is -2.19. The minimum Gasteiger partial charge on any atom is -0.390 e. The molecule has 2 heterocycles. The van der Waals surface area contributed by atoms with Crippen LogP contribution >= 0.6 is 15.9 Å². The molecule has 0 bridgehead atoms. The second kappa shape index (κ2) is 11.2. The first-order valence-corrected chi connectivity index (χ1v) is 14.0. The number of ketones is 1. The Balaban J connectivity index is 1.58. The highest BCUT2D eigenvalue weighted by Crippen LogP contribution is 2.29. The van der Waals surface area contributed by atoms with Crippen LogP contribution in [0.25, 0.3) is 0 Å². The van der Waals surface area contributed by atoms with Gasteiger partial charge in [-0.2, -0.15) is 18.2 Å². The highest BCUT2D eigenvalue weighted by molar-refractivity contribution is 9.10. The second-order valence-corrected chi connectivity index (χ2v) is 12.0. The summed E-state index contributed by atoms with van der Waals surface area (Å²) < 4.78 is 33.0. The maximum atomic E-state index is 13.5. The molecule has 0 radical (unpaired) electrons. The molecule has 12 nitrogen and oxygen atoms in total. The van der Waals surface area contributed by atoms with E-state index in [-0.39, 0.29) is 29.9 Å². The molecule has 38 heavy (non-hydrogen) atoms. The van der Waals surface area contributed by atoms with Gasteiger partial charge >= 0.3 is 10.3 Å². The summed E-state index contributed by atoms with van der Waals surface area (Å²) in [6.07, 6.45) is 1.02. The zero-order valence-electron chi connectivity index (χ0n) is 21.0. The summed E-state index contributed by atoms with van der Waals surface area (Å²) in [5.74, 6) is -0.249. The lowest BCUT2D eigenvalue weighted by atomic mass is 10.0. The van der Waals surface area contributed by atoms with Crippen molar-refractivity contribution in [3.8, 4) is 0 Å². The SMILES string of the molecule is CNS(=O)(=O)O[C@@H]1C[C@H](Nc2ncncc2C(=O)c2cc(C(C)(C)O)n(Cc3cccc(Br)c3)n2)C[C@@H]1O. The van der Waals surface area contributed by atoms with Gasteiger partial charge in [-0.25, -0.2) is 9.97 Å². The van der Waals surface area contributed by atoms with Crippen molar-refractivity contribution in [1.29, 1.82) is 0 Å². The van der Waals surface area contributed by atoms with Gasteiger partial charge in [0.2, 0.25) is 5.78 Å². The van der Waals surface area contributed by atoms with Gasteiger partial charge in [0.1, 0.15) is 29.5 Å². The lowest BCUT2D eigenvalue weighted by Crippen LogP contribution is -2.31. The summed E-state index contributed by atoms with van der Waals surface area (Å²) in [4.78, 5) is 21.7. The van der Waals surface area contributed by atoms with Crippen molar-refractivity contribution in [2.45, 2.75) is 57.1 Å². The molecule has 2 aromatic heterocycles. The molecule has 4 N–H and O–H groups in total. The predicted octanol–water partition coefficient (Wildman–Crippen LogP) is 1.73. The first-order chi connectivity index (χ1) is 17.9. The summed E-state index contributed by atoms with van der Waals surface area (Å²) in [6.45, 7) is 3.57. The van der Waals surface area contributed by atoms with E-state index in [4.69, 9.17) is 4.18 Å². The first-order valence-electron chi connectivity index (χ1n) is 11.8. The average Bonchev–Trinajstić information content (AvgIpc) is 3.42. The summed E-state index contributed by atoms with van der Waals surface area (Å²) in [5.41, 5.74) is 0.353. The van der Waals surface area contributed by atoms with Crippen LogP contribution in [-0.2, 0) is 26.6 Å². The lowest BCUT2D eigenvalue weighted by molar-refractivity contribution is 0.0636. The number of aliphatic hydroxyl groups excluding tert-OH is 1. The van der Waals surface area contributed by atoms with Crippen LogP contribution in [0.5, 0.6) is 0 Å². The van der Waals surface area contributed by atoms with E-state index in [0.29, 0.717) is 12.2 Å². The Bertz CT molecular complexity index is 1420. The summed E-state index contributed by atoms with van der Waals surface area (Å²) in [6, 6.07) is 8.78. The highest BCUT2D eigenvalue weighted by Gasteiger charge is 2.37. The number of carbonyl (C=O) groups excluding carboxylic acids is 1. The number of hydrogen-bond donors (Lipinski definition) is 4. The number of halogens is 1. The number of aliphatic hydroxyl groups is 2. The maximum Gasteiger partial charge on any atom is 0.335 e. The highest BCUT2D eigenvalue weighted by atomic mass is 79.9. The quantitative estimate of drug-likeness (QED) is 0.249. The molecular weight excluding hydrogens is 580 g/mol. The van der Waals surface area contributed by atoms with E-state index >= 15 is 0 Å². The Hall–Kier alpha value is -2.75. The van der Waals surface area contributed by atoms with E-state index in [2.05, 4.69) is 41.0 Å². The van der Waals surface area contributed by atoms with Gasteiger partial charge in [0, 0.05) is 23.8 Å². The summed E-state index contributed by atoms with van der Waals surface area (Å²) in [7, 11) is -2.76. The van der Waals surface area contributed by atoms with Crippen molar-refractivity contribution >= 4 is 37.8 Å². The maximum absolute atomic E-state index is 13.5. The van der Waals surface area contributed by atoms with E-state index in [1.807, 2.05) is 24.3 Å². The molecule has 1 aliphatic rings. The van der Waals surface area contributed by atoms with Crippen LogP contribution in [0.2, 0.25) is 0 Å². The van der Waals surface area contributed by atoms with Crippen LogP contribution in [-0.4, -0.2) is 69.5 Å². The first kappa shape index (κ1) is 28.3. The van der Waals surface area contributed by atoms with Crippen LogP contribution in [0.15, 0.2) is 47.3 Å². The Morgan fingerprint density at radius 2 is 2.05 bits per heavy atom. The minimum atomic E-state index is -3.98. The molecule has 4 rings (SSSR count). The Kier molecular flexibility index (Phi) is 8.30. The zero-order chi connectivity index (χ0) is 27.7. The van der Waals surface area contributed by atoms with Crippen LogP contribution in [0.4, 0.5) is 5.82 Å². The van der Waals surface area contributed by atoms with Gasteiger partial charge in [0.25, 0.3) is 0 Å². The van der Waals surface area contributed by atoms with Crippen LogP contribution in [0.3, 0.4) is 0 Å². The van der Waals surface area contributed by atoms with Gasteiger partial charge in [-0.05, 0) is 50.5 Å². The van der Waals surface area contributed by atoms with Crippen molar-refractivity contribution in [3.63, 3.8) is 0 Å². The molecule has 1 saturated carbocycles. The average molecular weight is 610 g/mol. The fraction of sp³-hybridized carbons (Fsp3) is 0.417. The van der Waals surface area contributed by atoms with Crippen molar-refractivity contribution in [2.75, 3.05) is 12.4 Å².